The molecule has 2 aliphatic heterocycles. The van der Waals surface area contributed by atoms with E-state index >= 15 is 0 Å². The highest BCUT2D eigenvalue weighted by atomic mass is 19.1. The zero-order chi connectivity index (χ0) is 19.3. The molecule has 2 saturated heterocycles. The van der Waals surface area contributed by atoms with Crippen LogP contribution in [0.4, 0.5) is 10.1 Å². The molecule has 0 N–H and O–H groups in total. The van der Waals surface area contributed by atoms with Gasteiger partial charge in [0.15, 0.2) is 0 Å². The van der Waals surface area contributed by atoms with Gasteiger partial charge in [-0.15, -0.1) is 0 Å². The molecule has 2 fully saturated rings. The molecule has 0 amide bonds. The van der Waals surface area contributed by atoms with E-state index in [1.807, 2.05) is 24.3 Å². The first-order valence-electron chi connectivity index (χ1n) is 10.3. The lowest BCUT2D eigenvalue weighted by atomic mass is 10.0. The number of benzene rings is 2. The zero-order valence-electron chi connectivity index (χ0n) is 16.7. The van der Waals surface area contributed by atoms with Crippen LogP contribution in [-0.4, -0.2) is 62.2 Å². The lowest BCUT2D eigenvalue weighted by Gasteiger charge is -2.44. The minimum absolute atomic E-state index is 0.112. The van der Waals surface area contributed by atoms with Crippen molar-refractivity contribution in [3.05, 3.63) is 59.9 Å². The van der Waals surface area contributed by atoms with Crippen molar-refractivity contribution in [1.82, 2.24) is 9.80 Å². The first-order chi connectivity index (χ1) is 13.7. The van der Waals surface area contributed by atoms with E-state index in [9.17, 15) is 4.39 Å². The fourth-order valence-corrected chi connectivity index (χ4v) is 4.50. The van der Waals surface area contributed by atoms with Gasteiger partial charge >= 0.3 is 0 Å². The van der Waals surface area contributed by atoms with Crippen LogP contribution >= 0.6 is 0 Å². The Morgan fingerprint density at radius 1 is 0.964 bits per heavy atom. The third kappa shape index (κ3) is 4.47. The monoisotopic (exact) mass is 383 g/mol. The van der Waals surface area contributed by atoms with Gasteiger partial charge in [0.25, 0.3) is 0 Å². The predicted molar refractivity (Wildman–Crippen MR) is 111 cm³/mol. The number of halogens is 1. The molecule has 2 aromatic carbocycles. The molecule has 5 heteroatoms. The molecule has 0 bridgehead atoms. The SMILES string of the molecule is COc1ccc(CN2CCCC(N3CCN(c4ccccc4F)CC3)C2)cc1. The van der Waals surface area contributed by atoms with Gasteiger partial charge < -0.3 is 9.64 Å². The van der Waals surface area contributed by atoms with E-state index < -0.39 is 0 Å². The number of hydrogen-bond acceptors (Lipinski definition) is 4. The summed E-state index contributed by atoms with van der Waals surface area (Å²) in [6.45, 7) is 7.09. The van der Waals surface area contributed by atoms with Crippen LogP contribution in [0.1, 0.15) is 18.4 Å². The van der Waals surface area contributed by atoms with Crippen molar-refractivity contribution in [2.75, 3.05) is 51.3 Å². The number of anilines is 1. The Balaban J connectivity index is 1.31. The number of piperidine rings is 1. The molecule has 1 unspecified atom stereocenters. The molecule has 0 aliphatic carbocycles. The van der Waals surface area contributed by atoms with Crippen LogP contribution in [0, 0.1) is 5.82 Å². The van der Waals surface area contributed by atoms with E-state index in [0.29, 0.717) is 6.04 Å². The average molecular weight is 384 g/mol. The van der Waals surface area contributed by atoms with Gasteiger partial charge in [0, 0.05) is 45.3 Å². The van der Waals surface area contributed by atoms with Gasteiger partial charge in [-0.2, -0.15) is 0 Å². The van der Waals surface area contributed by atoms with Gasteiger partial charge in [0.05, 0.1) is 12.8 Å². The Bertz CT molecular complexity index is 759. The molecule has 1 atom stereocenters. The number of piperazine rings is 1. The standard InChI is InChI=1S/C23H30FN3O/c1-28-21-10-8-19(9-11-21)17-25-12-4-5-20(18-25)26-13-15-27(16-14-26)23-7-3-2-6-22(23)24/h2-3,6-11,20H,4-5,12-18H2,1H3. The van der Waals surface area contributed by atoms with Gasteiger partial charge in [-0.3, -0.25) is 9.80 Å². The maximum atomic E-state index is 14.1. The summed E-state index contributed by atoms with van der Waals surface area (Å²) >= 11 is 0. The normalized spacial score (nSPS) is 21.6. The summed E-state index contributed by atoms with van der Waals surface area (Å²) < 4.78 is 19.3. The van der Waals surface area contributed by atoms with Crippen molar-refractivity contribution in [2.45, 2.75) is 25.4 Å². The first-order valence-corrected chi connectivity index (χ1v) is 10.3. The highest BCUT2D eigenvalue weighted by Crippen LogP contribution is 2.24. The molecule has 4 nitrogen and oxygen atoms in total. The van der Waals surface area contributed by atoms with E-state index in [1.54, 1.807) is 19.2 Å². The van der Waals surface area contributed by atoms with E-state index in [4.69, 9.17) is 4.74 Å². The van der Waals surface area contributed by atoms with E-state index in [-0.39, 0.29) is 5.82 Å². The lowest BCUT2D eigenvalue weighted by molar-refractivity contribution is 0.0887. The molecular formula is C23H30FN3O. The van der Waals surface area contributed by atoms with Crippen LogP contribution in [0.2, 0.25) is 0 Å². The first kappa shape index (κ1) is 19.2. The summed E-state index contributed by atoms with van der Waals surface area (Å²) in [7, 11) is 1.70. The Labute approximate surface area is 167 Å². The summed E-state index contributed by atoms with van der Waals surface area (Å²) in [6, 6.07) is 16.1. The lowest BCUT2D eigenvalue weighted by Crippen LogP contribution is -2.55. The Hall–Kier alpha value is -2.11. The molecule has 2 aliphatic rings. The number of para-hydroxylation sites is 1. The quantitative estimate of drug-likeness (QED) is 0.785. The highest BCUT2D eigenvalue weighted by molar-refractivity contribution is 5.48. The second kappa shape index (κ2) is 8.93. The van der Waals surface area contributed by atoms with Gasteiger partial charge in [-0.1, -0.05) is 24.3 Å². The smallest absolute Gasteiger partial charge is 0.146 e. The van der Waals surface area contributed by atoms with Crippen molar-refractivity contribution in [1.29, 1.82) is 0 Å². The van der Waals surface area contributed by atoms with Crippen LogP contribution in [0.3, 0.4) is 0 Å². The van der Waals surface area contributed by atoms with Gasteiger partial charge in [0.2, 0.25) is 0 Å². The third-order valence-corrected chi connectivity index (χ3v) is 6.07. The van der Waals surface area contributed by atoms with Gasteiger partial charge in [-0.05, 0) is 49.2 Å². The molecule has 0 saturated carbocycles. The number of rotatable bonds is 5. The summed E-state index contributed by atoms with van der Waals surface area (Å²) in [5.41, 5.74) is 2.08. The summed E-state index contributed by atoms with van der Waals surface area (Å²) in [4.78, 5) is 7.36. The van der Waals surface area contributed by atoms with Crippen LogP contribution in [-0.2, 0) is 6.54 Å². The van der Waals surface area contributed by atoms with Crippen LogP contribution in [0.5, 0.6) is 5.75 Å². The number of nitrogens with zero attached hydrogens (tertiary/aromatic N) is 3. The van der Waals surface area contributed by atoms with Crippen molar-refractivity contribution in [2.24, 2.45) is 0 Å². The molecular weight excluding hydrogens is 353 g/mol. The molecule has 0 aromatic heterocycles. The zero-order valence-corrected chi connectivity index (χ0v) is 16.7. The molecule has 0 radical (unpaired) electrons. The maximum absolute atomic E-state index is 14.1. The fraction of sp³-hybridized carbons (Fsp3) is 0.478. The van der Waals surface area contributed by atoms with E-state index in [2.05, 4.69) is 26.8 Å². The summed E-state index contributed by atoms with van der Waals surface area (Å²) in [5, 5.41) is 0. The Morgan fingerprint density at radius 2 is 1.71 bits per heavy atom. The number of hydrogen-bond donors (Lipinski definition) is 0. The topological polar surface area (TPSA) is 19.0 Å². The molecule has 4 rings (SSSR count). The third-order valence-electron chi connectivity index (χ3n) is 6.07. The maximum Gasteiger partial charge on any atom is 0.146 e. The second-order valence-electron chi connectivity index (χ2n) is 7.85. The summed E-state index contributed by atoms with van der Waals surface area (Å²) in [5.74, 6) is 0.798. The van der Waals surface area contributed by atoms with Crippen LogP contribution in [0.25, 0.3) is 0 Å². The summed E-state index contributed by atoms with van der Waals surface area (Å²) in [6.07, 6.45) is 2.51. The Kier molecular flexibility index (Phi) is 6.13. The van der Waals surface area contributed by atoms with Crippen molar-refractivity contribution >= 4 is 5.69 Å². The molecule has 2 heterocycles. The minimum Gasteiger partial charge on any atom is -0.497 e. The van der Waals surface area contributed by atoms with Crippen molar-refractivity contribution < 1.29 is 9.13 Å². The van der Waals surface area contributed by atoms with E-state index in [0.717, 1.165) is 57.3 Å². The average Bonchev–Trinajstić information content (AvgIpc) is 2.75. The van der Waals surface area contributed by atoms with Crippen molar-refractivity contribution in [3.63, 3.8) is 0 Å². The van der Waals surface area contributed by atoms with Gasteiger partial charge in [0.1, 0.15) is 11.6 Å². The predicted octanol–water partition coefficient (Wildman–Crippen LogP) is 3.62. The molecule has 0 spiro atoms. The van der Waals surface area contributed by atoms with Gasteiger partial charge in [-0.25, -0.2) is 4.39 Å². The number of ether oxygens (including phenoxy) is 1. The molecule has 28 heavy (non-hydrogen) atoms. The molecule has 2 aromatic rings. The largest absolute Gasteiger partial charge is 0.497 e. The van der Waals surface area contributed by atoms with Crippen molar-refractivity contribution in [3.8, 4) is 5.75 Å². The number of methoxy groups -OCH3 is 1. The Morgan fingerprint density at radius 3 is 2.43 bits per heavy atom. The second-order valence-corrected chi connectivity index (χ2v) is 7.85. The minimum atomic E-state index is -0.112. The van der Waals surface area contributed by atoms with Crippen LogP contribution < -0.4 is 9.64 Å². The van der Waals surface area contributed by atoms with Crippen LogP contribution in [0.15, 0.2) is 48.5 Å². The van der Waals surface area contributed by atoms with E-state index in [1.165, 1.54) is 18.4 Å². The molecule has 150 valence electrons. The highest BCUT2D eigenvalue weighted by Gasteiger charge is 2.28. The fourth-order valence-electron chi connectivity index (χ4n) is 4.50. The number of likely N-dealkylation sites (tertiary alicyclic amines) is 1.